The summed E-state index contributed by atoms with van der Waals surface area (Å²) < 4.78 is 13.7. The Morgan fingerprint density at radius 2 is 1.95 bits per heavy atom. The number of hydrogen-bond acceptors (Lipinski definition) is 1. The zero-order valence-electron chi connectivity index (χ0n) is 11.9. The maximum atomic E-state index is 13.7. The minimum atomic E-state index is -0.386. The highest BCUT2D eigenvalue weighted by molar-refractivity contribution is 6.31. The Kier molecular flexibility index (Phi) is 6.04. The van der Waals surface area contributed by atoms with Crippen LogP contribution in [0.1, 0.15) is 30.5 Å². The van der Waals surface area contributed by atoms with Crippen LogP contribution in [-0.2, 0) is 6.42 Å². The van der Waals surface area contributed by atoms with Gasteiger partial charge in [-0.1, -0.05) is 48.3 Å². The van der Waals surface area contributed by atoms with E-state index in [9.17, 15) is 4.39 Å². The molecular formula is C17H18Cl2FN. The number of nitrogens with one attached hydrogen (secondary N) is 1. The monoisotopic (exact) mass is 325 g/mol. The van der Waals surface area contributed by atoms with Crippen LogP contribution in [0.3, 0.4) is 0 Å². The van der Waals surface area contributed by atoms with Crippen LogP contribution in [0.2, 0.25) is 10.0 Å². The first-order valence-electron chi connectivity index (χ1n) is 7.03. The second kappa shape index (κ2) is 7.79. The molecule has 0 spiro atoms. The van der Waals surface area contributed by atoms with Gasteiger partial charge in [0, 0.05) is 11.1 Å². The van der Waals surface area contributed by atoms with Crippen molar-refractivity contribution in [2.75, 3.05) is 6.54 Å². The van der Waals surface area contributed by atoms with E-state index in [1.165, 1.54) is 6.07 Å². The van der Waals surface area contributed by atoms with Gasteiger partial charge in [-0.15, -0.1) is 0 Å². The van der Waals surface area contributed by atoms with E-state index in [1.54, 1.807) is 6.07 Å². The Labute approximate surface area is 135 Å². The zero-order chi connectivity index (χ0) is 15.2. The van der Waals surface area contributed by atoms with Gasteiger partial charge in [-0.05, 0) is 54.8 Å². The lowest BCUT2D eigenvalue weighted by Crippen LogP contribution is -2.24. The minimum absolute atomic E-state index is 0.0372. The molecule has 0 aliphatic carbocycles. The summed E-state index contributed by atoms with van der Waals surface area (Å²) >= 11 is 11.8. The molecule has 2 aromatic rings. The fourth-order valence-electron chi connectivity index (χ4n) is 2.26. The molecule has 21 heavy (non-hydrogen) atoms. The maximum Gasteiger partial charge on any atom is 0.142 e. The van der Waals surface area contributed by atoms with Gasteiger partial charge in [-0.25, -0.2) is 4.39 Å². The number of hydrogen-bond donors (Lipinski definition) is 1. The van der Waals surface area contributed by atoms with E-state index < -0.39 is 0 Å². The molecule has 1 atom stereocenters. The lowest BCUT2D eigenvalue weighted by molar-refractivity contribution is 0.524. The van der Waals surface area contributed by atoms with E-state index in [0.29, 0.717) is 5.02 Å². The second-order valence-corrected chi connectivity index (χ2v) is 5.86. The molecule has 0 aliphatic rings. The van der Waals surface area contributed by atoms with Crippen LogP contribution in [-0.4, -0.2) is 6.54 Å². The van der Waals surface area contributed by atoms with Crippen molar-refractivity contribution in [2.45, 2.75) is 25.8 Å². The highest BCUT2D eigenvalue weighted by Gasteiger charge is 2.13. The molecule has 1 nitrogen and oxygen atoms in total. The highest BCUT2D eigenvalue weighted by atomic mass is 35.5. The molecule has 0 aromatic heterocycles. The molecule has 4 heteroatoms. The number of rotatable bonds is 6. The zero-order valence-corrected chi connectivity index (χ0v) is 13.4. The molecule has 0 saturated carbocycles. The molecule has 2 aromatic carbocycles. The van der Waals surface area contributed by atoms with E-state index in [0.717, 1.165) is 30.5 Å². The Bertz CT molecular complexity index is 601. The molecular weight excluding hydrogens is 308 g/mol. The first-order chi connectivity index (χ1) is 10.1. The predicted octanol–water partition coefficient (Wildman–Crippen LogP) is 5.42. The van der Waals surface area contributed by atoms with Crippen LogP contribution in [0.4, 0.5) is 4.39 Å². The topological polar surface area (TPSA) is 12.0 Å². The van der Waals surface area contributed by atoms with Gasteiger partial charge in [0.15, 0.2) is 0 Å². The van der Waals surface area contributed by atoms with Crippen molar-refractivity contribution < 1.29 is 4.39 Å². The average Bonchev–Trinajstić information content (AvgIpc) is 2.46. The SMILES string of the molecule is CCCNC(Cc1cccc(Cl)c1)c1ccc(Cl)c(F)c1. The summed E-state index contributed by atoms with van der Waals surface area (Å²) in [5, 5.41) is 4.31. The Morgan fingerprint density at radius 3 is 2.62 bits per heavy atom. The van der Waals surface area contributed by atoms with E-state index >= 15 is 0 Å². The molecule has 0 saturated heterocycles. The quantitative estimate of drug-likeness (QED) is 0.748. The van der Waals surface area contributed by atoms with E-state index in [4.69, 9.17) is 23.2 Å². The molecule has 0 bridgehead atoms. The van der Waals surface area contributed by atoms with Crippen LogP contribution in [0, 0.1) is 5.82 Å². The summed E-state index contributed by atoms with van der Waals surface area (Å²) in [5.41, 5.74) is 2.01. The molecule has 0 aliphatic heterocycles. The molecule has 0 amide bonds. The van der Waals surface area contributed by atoms with Gasteiger partial charge in [0.1, 0.15) is 5.82 Å². The molecule has 0 fully saturated rings. The van der Waals surface area contributed by atoms with Crippen molar-refractivity contribution >= 4 is 23.2 Å². The first-order valence-corrected chi connectivity index (χ1v) is 7.78. The highest BCUT2D eigenvalue weighted by Crippen LogP contribution is 2.24. The fraction of sp³-hybridized carbons (Fsp3) is 0.294. The number of benzene rings is 2. The van der Waals surface area contributed by atoms with Crippen molar-refractivity contribution in [1.29, 1.82) is 0 Å². The molecule has 112 valence electrons. The maximum absolute atomic E-state index is 13.7. The van der Waals surface area contributed by atoms with E-state index in [1.807, 2.05) is 30.3 Å². The van der Waals surface area contributed by atoms with Crippen LogP contribution in [0.25, 0.3) is 0 Å². The van der Waals surface area contributed by atoms with E-state index in [-0.39, 0.29) is 16.9 Å². The third-order valence-corrected chi connectivity index (χ3v) is 3.86. The smallest absolute Gasteiger partial charge is 0.142 e. The fourth-order valence-corrected chi connectivity index (χ4v) is 2.59. The third kappa shape index (κ3) is 4.70. The Balaban J connectivity index is 2.22. The summed E-state index contributed by atoms with van der Waals surface area (Å²) in [5.74, 6) is -0.386. The summed E-state index contributed by atoms with van der Waals surface area (Å²) in [6.07, 6.45) is 1.77. The average molecular weight is 326 g/mol. The van der Waals surface area contributed by atoms with Crippen LogP contribution in [0.15, 0.2) is 42.5 Å². The molecule has 0 heterocycles. The number of halogens is 3. The Morgan fingerprint density at radius 1 is 1.14 bits per heavy atom. The van der Waals surface area contributed by atoms with Gasteiger partial charge < -0.3 is 5.32 Å². The molecule has 1 unspecified atom stereocenters. The van der Waals surface area contributed by atoms with Gasteiger partial charge >= 0.3 is 0 Å². The standard InChI is InChI=1S/C17H18Cl2FN/c1-2-8-21-17(10-12-4-3-5-14(18)9-12)13-6-7-15(19)16(20)11-13/h3-7,9,11,17,21H,2,8,10H2,1H3. The van der Waals surface area contributed by atoms with Crippen molar-refractivity contribution in [3.8, 4) is 0 Å². The molecule has 1 N–H and O–H groups in total. The van der Waals surface area contributed by atoms with Crippen LogP contribution >= 0.6 is 23.2 Å². The van der Waals surface area contributed by atoms with Crippen LogP contribution < -0.4 is 5.32 Å². The lowest BCUT2D eigenvalue weighted by Gasteiger charge is -2.19. The molecule has 0 radical (unpaired) electrons. The summed E-state index contributed by atoms with van der Waals surface area (Å²) in [7, 11) is 0. The van der Waals surface area contributed by atoms with Crippen molar-refractivity contribution in [2.24, 2.45) is 0 Å². The Hall–Kier alpha value is -1.09. The van der Waals surface area contributed by atoms with E-state index in [2.05, 4.69) is 12.2 Å². The van der Waals surface area contributed by atoms with Gasteiger partial charge in [-0.2, -0.15) is 0 Å². The normalized spacial score (nSPS) is 12.4. The minimum Gasteiger partial charge on any atom is -0.310 e. The summed E-state index contributed by atoms with van der Waals surface area (Å²) in [4.78, 5) is 0. The summed E-state index contributed by atoms with van der Waals surface area (Å²) in [6, 6.07) is 12.7. The lowest BCUT2D eigenvalue weighted by atomic mass is 9.98. The second-order valence-electron chi connectivity index (χ2n) is 5.01. The summed E-state index contributed by atoms with van der Waals surface area (Å²) in [6.45, 7) is 2.97. The third-order valence-electron chi connectivity index (χ3n) is 3.32. The van der Waals surface area contributed by atoms with Gasteiger partial charge in [0.25, 0.3) is 0 Å². The predicted molar refractivity (Wildman–Crippen MR) is 87.6 cm³/mol. The van der Waals surface area contributed by atoms with Crippen LogP contribution in [0.5, 0.6) is 0 Å². The van der Waals surface area contributed by atoms with Crippen molar-refractivity contribution in [3.63, 3.8) is 0 Å². The van der Waals surface area contributed by atoms with Gasteiger partial charge in [-0.3, -0.25) is 0 Å². The van der Waals surface area contributed by atoms with Crippen molar-refractivity contribution in [1.82, 2.24) is 5.32 Å². The van der Waals surface area contributed by atoms with Gasteiger partial charge in [0.05, 0.1) is 5.02 Å². The first kappa shape index (κ1) is 16.3. The van der Waals surface area contributed by atoms with Crippen molar-refractivity contribution in [3.05, 3.63) is 69.5 Å². The molecule has 2 rings (SSSR count). The van der Waals surface area contributed by atoms with Gasteiger partial charge in [0.2, 0.25) is 0 Å². The largest absolute Gasteiger partial charge is 0.310 e.